The Kier molecular flexibility index (Phi) is 3.67. The monoisotopic (exact) mass is 244 g/mol. The molecule has 0 amide bonds. The summed E-state index contributed by atoms with van der Waals surface area (Å²) >= 11 is 0. The Morgan fingerprint density at radius 3 is 2.72 bits per heavy atom. The van der Waals surface area contributed by atoms with Gasteiger partial charge in [-0.3, -0.25) is 4.90 Å². The van der Waals surface area contributed by atoms with Gasteiger partial charge in [-0.05, 0) is 31.4 Å². The molecule has 1 aromatic rings. The molecule has 0 bridgehead atoms. The summed E-state index contributed by atoms with van der Waals surface area (Å²) < 4.78 is 0. The molecule has 1 saturated carbocycles. The van der Waals surface area contributed by atoms with Crippen LogP contribution in [0.2, 0.25) is 0 Å². The zero-order chi connectivity index (χ0) is 12.4. The van der Waals surface area contributed by atoms with Gasteiger partial charge in [-0.15, -0.1) is 0 Å². The first-order valence-electron chi connectivity index (χ1n) is 7.35. The number of benzene rings is 1. The fourth-order valence-electron chi connectivity index (χ4n) is 2.90. The molecular weight excluding hydrogens is 220 g/mol. The molecule has 18 heavy (non-hydrogen) atoms. The van der Waals surface area contributed by atoms with Crippen LogP contribution in [-0.2, 0) is 0 Å². The van der Waals surface area contributed by atoms with Crippen molar-refractivity contribution in [2.75, 3.05) is 19.6 Å². The molecule has 1 aliphatic carbocycles. The molecule has 2 heteroatoms. The molecule has 1 heterocycles. The average Bonchev–Trinajstić information content (AvgIpc) is 3.23. The molecule has 0 spiro atoms. The van der Waals surface area contributed by atoms with E-state index in [0.717, 1.165) is 19.0 Å². The smallest absolute Gasteiger partial charge is 0.0449 e. The minimum atomic E-state index is 0.515. The number of rotatable bonds is 4. The minimum Gasteiger partial charge on any atom is -0.307 e. The van der Waals surface area contributed by atoms with Crippen LogP contribution in [0.15, 0.2) is 30.3 Å². The first kappa shape index (κ1) is 12.2. The lowest BCUT2D eigenvalue weighted by Crippen LogP contribution is -2.51. The third-order valence-electron chi connectivity index (χ3n) is 4.42. The molecule has 2 nitrogen and oxygen atoms in total. The molecule has 1 N–H and O–H groups in total. The van der Waals surface area contributed by atoms with Crippen LogP contribution in [0.25, 0.3) is 0 Å². The Morgan fingerprint density at radius 2 is 2.00 bits per heavy atom. The van der Waals surface area contributed by atoms with Crippen molar-refractivity contribution in [1.29, 1.82) is 0 Å². The maximum atomic E-state index is 3.68. The predicted molar refractivity (Wildman–Crippen MR) is 75.6 cm³/mol. The van der Waals surface area contributed by atoms with Gasteiger partial charge in [0.15, 0.2) is 0 Å². The van der Waals surface area contributed by atoms with Crippen molar-refractivity contribution in [2.45, 2.75) is 38.3 Å². The van der Waals surface area contributed by atoms with E-state index in [2.05, 4.69) is 47.5 Å². The Hall–Kier alpha value is -0.860. The normalized spacial score (nSPS) is 29.4. The topological polar surface area (TPSA) is 15.3 Å². The summed E-state index contributed by atoms with van der Waals surface area (Å²) in [6.45, 7) is 5.92. The number of piperazine rings is 1. The molecule has 98 valence electrons. The Labute approximate surface area is 110 Å². The van der Waals surface area contributed by atoms with Gasteiger partial charge < -0.3 is 5.32 Å². The molecular formula is C16H24N2. The average molecular weight is 244 g/mol. The molecule has 1 aromatic carbocycles. The van der Waals surface area contributed by atoms with Crippen molar-refractivity contribution in [3.05, 3.63) is 35.9 Å². The fraction of sp³-hybridized carbons (Fsp3) is 0.625. The fourth-order valence-corrected chi connectivity index (χ4v) is 2.90. The van der Waals surface area contributed by atoms with Crippen molar-refractivity contribution in [3.63, 3.8) is 0 Å². The molecule has 1 aliphatic heterocycles. The number of hydrogen-bond acceptors (Lipinski definition) is 2. The Balaban J connectivity index is 1.60. The number of nitrogens with zero attached hydrogens (tertiary/aromatic N) is 1. The van der Waals surface area contributed by atoms with Gasteiger partial charge in [0, 0.05) is 25.2 Å². The summed E-state index contributed by atoms with van der Waals surface area (Å²) in [5.41, 5.74) is 1.43. The van der Waals surface area contributed by atoms with Crippen LogP contribution in [0.1, 0.15) is 37.8 Å². The highest BCUT2D eigenvalue weighted by Gasteiger charge is 2.28. The molecule has 3 rings (SSSR count). The van der Waals surface area contributed by atoms with E-state index >= 15 is 0 Å². The standard InChI is InChI=1S/C16H24N2/c1-13-11-17-16(15-5-3-2-4-6-15)12-18(13)10-9-14-7-8-14/h2-6,13-14,16-17H,7-12H2,1H3. The molecule has 2 atom stereocenters. The van der Waals surface area contributed by atoms with E-state index in [4.69, 9.17) is 0 Å². The number of nitrogens with one attached hydrogen (secondary N) is 1. The largest absolute Gasteiger partial charge is 0.307 e. The van der Waals surface area contributed by atoms with Crippen molar-refractivity contribution >= 4 is 0 Å². The summed E-state index contributed by atoms with van der Waals surface area (Å²) in [6, 6.07) is 12.1. The van der Waals surface area contributed by atoms with Crippen LogP contribution >= 0.6 is 0 Å². The van der Waals surface area contributed by atoms with Crippen molar-refractivity contribution in [1.82, 2.24) is 10.2 Å². The second-order valence-corrected chi connectivity index (χ2v) is 5.95. The van der Waals surface area contributed by atoms with Crippen LogP contribution in [0.3, 0.4) is 0 Å². The van der Waals surface area contributed by atoms with Crippen LogP contribution < -0.4 is 5.32 Å². The van der Waals surface area contributed by atoms with Gasteiger partial charge in [0.1, 0.15) is 0 Å². The van der Waals surface area contributed by atoms with Gasteiger partial charge in [-0.25, -0.2) is 0 Å². The second-order valence-electron chi connectivity index (χ2n) is 5.95. The predicted octanol–water partition coefficient (Wildman–Crippen LogP) is 2.82. The summed E-state index contributed by atoms with van der Waals surface area (Å²) in [5, 5.41) is 3.68. The zero-order valence-corrected chi connectivity index (χ0v) is 11.3. The summed E-state index contributed by atoms with van der Waals surface area (Å²) in [4.78, 5) is 2.67. The summed E-state index contributed by atoms with van der Waals surface area (Å²) in [6.07, 6.45) is 4.36. The van der Waals surface area contributed by atoms with Crippen molar-refractivity contribution in [3.8, 4) is 0 Å². The van der Waals surface area contributed by atoms with E-state index in [1.807, 2.05) is 0 Å². The highest BCUT2D eigenvalue weighted by molar-refractivity contribution is 5.20. The lowest BCUT2D eigenvalue weighted by atomic mass is 10.0. The van der Waals surface area contributed by atoms with Crippen LogP contribution in [0.5, 0.6) is 0 Å². The highest BCUT2D eigenvalue weighted by atomic mass is 15.2. The van der Waals surface area contributed by atoms with Gasteiger partial charge in [0.25, 0.3) is 0 Å². The maximum absolute atomic E-state index is 3.68. The minimum absolute atomic E-state index is 0.515. The maximum Gasteiger partial charge on any atom is 0.0449 e. The Bertz CT molecular complexity index is 372. The van der Waals surface area contributed by atoms with Gasteiger partial charge in [0.2, 0.25) is 0 Å². The van der Waals surface area contributed by atoms with Gasteiger partial charge >= 0.3 is 0 Å². The SMILES string of the molecule is CC1CNC(c2ccccc2)CN1CCC1CC1. The van der Waals surface area contributed by atoms with Crippen molar-refractivity contribution in [2.24, 2.45) is 5.92 Å². The molecule has 0 aromatic heterocycles. The summed E-state index contributed by atoms with van der Waals surface area (Å²) in [5.74, 6) is 1.04. The lowest BCUT2D eigenvalue weighted by Gasteiger charge is -2.39. The zero-order valence-electron chi connectivity index (χ0n) is 11.3. The number of hydrogen-bond donors (Lipinski definition) is 1. The lowest BCUT2D eigenvalue weighted by molar-refractivity contribution is 0.137. The third-order valence-corrected chi connectivity index (χ3v) is 4.42. The second kappa shape index (κ2) is 5.41. The van der Waals surface area contributed by atoms with E-state index in [1.165, 1.54) is 31.4 Å². The van der Waals surface area contributed by atoms with Gasteiger partial charge in [-0.2, -0.15) is 0 Å². The van der Waals surface area contributed by atoms with E-state index in [9.17, 15) is 0 Å². The first-order valence-corrected chi connectivity index (χ1v) is 7.35. The summed E-state index contributed by atoms with van der Waals surface area (Å²) in [7, 11) is 0. The van der Waals surface area contributed by atoms with Crippen molar-refractivity contribution < 1.29 is 0 Å². The van der Waals surface area contributed by atoms with Crippen LogP contribution in [0.4, 0.5) is 0 Å². The third kappa shape index (κ3) is 2.93. The van der Waals surface area contributed by atoms with Gasteiger partial charge in [0.05, 0.1) is 0 Å². The first-order chi connectivity index (χ1) is 8.83. The van der Waals surface area contributed by atoms with E-state index in [-0.39, 0.29) is 0 Å². The van der Waals surface area contributed by atoms with Gasteiger partial charge in [-0.1, -0.05) is 43.2 Å². The van der Waals surface area contributed by atoms with Crippen LogP contribution in [0, 0.1) is 5.92 Å². The molecule has 1 saturated heterocycles. The molecule has 2 unspecified atom stereocenters. The van der Waals surface area contributed by atoms with E-state index < -0.39 is 0 Å². The molecule has 2 fully saturated rings. The molecule has 2 aliphatic rings. The Morgan fingerprint density at radius 1 is 1.22 bits per heavy atom. The van der Waals surface area contributed by atoms with Crippen LogP contribution in [-0.4, -0.2) is 30.6 Å². The van der Waals surface area contributed by atoms with E-state index in [0.29, 0.717) is 12.1 Å². The quantitative estimate of drug-likeness (QED) is 0.876. The molecule has 0 radical (unpaired) electrons. The van der Waals surface area contributed by atoms with E-state index in [1.54, 1.807) is 0 Å². The highest BCUT2D eigenvalue weighted by Crippen LogP contribution is 2.33.